The molecule has 2 aromatic rings. The Morgan fingerprint density at radius 1 is 0.978 bits per heavy atom. The molecule has 0 spiro atoms. The summed E-state index contributed by atoms with van der Waals surface area (Å²) >= 11 is 3.83. The maximum absolute atomic E-state index is 14.4. The van der Waals surface area contributed by atoms with Gasteiger partial charge < -0.3 is 19.9 Å². The lowest BCUT2D eigenvalue weighted by molar-refractivity contribution is -0.144. The van der Waals surface area contributed by atoms with Gasteiger partial charge in [-0.2, -0.15) is 0 Å². The fourth-order valence-corrected chi connectivity index (χ4v) is 9.10. The first-order valence-corrected chi connectivity index (χ1v) is 16.1. The smallest absolute Gasteiger partial charge is 0.408 e. The van der Waals surface area contributed by atoms with Gasteiger partial charge in [-0.1, -0.05) is 90.4 Å². The number of hydrogen-bond acceptors (Lipinski definition) is 7. The number of aliphatic hydroxyl groups excluding tert-OH is 1. The van der Waals surface area contributed by atoms with E-state index in [4.69, 9.17) is 9.47 Å². The van der Waals surface area contributed by atoms with Gasteiger partial charge in [0.25, 0.3) is 0 Å². The molecule has 2 bridgehead atoms. The average molecular weight is 682 g/mol. The van der Waals surface area contributed by atoms with E-state index in [2.05, 4.69) is 21.2 Å². The van der Waals surface area contributed by atoms with Crippen LogP contribution in [-0.4, -0.2) is 69.6 Å². The lowest BCUT2D eigenvalue weighted by Crippen LogP contribution is -2.51. The summed E-state index contributed by atoms with van der Waals surface area (Å²) in [4.78, 5) is 54.6. The van der Waals surface area contributed by atoms with Crippen molar-refractivity contribution in [3.8, 4) is 0 Å². The summed E-state index contributed by atoms with van der Waals surface area (Å²) in [6.07, 6.45) is -0.682. The predicted molar refractivity (Wildman–Crippen MR) is 173 cm³/mol. The van der Waals surface area contributed by atoms with E-state index in [1.165, 1.54) is 12.0 Å². The Kier molecular flexibility index (Phi) is 8.55. The molecule has 5 rings (SSSR count). The number of alkyl halides is 1. The van der Waals surface area contributed by atoms with Gasteiger partial charge in [0, 0.05) is 17.4 Å². The highest BCUT2D eigenvalue weighted by Crippen LogP contribution is 2.79. The van der Waals surface area contributed by atoms with Crippen molar-refractivity contribution in [2.75, 3.05) is 13.7 Å². The molecule has 3 amide bonds. The molecule has 240 valence electrons. The van der Waals surface area contributed by atoms with Gasteiger partial charge in [-0.3, -0.25) is 14.5 Å². The molecule has 1 heterocycles. The zero-order valence-electron chi connectivity index (χ0n) is 26.6. The quantitative estimate of drug-likeness (QED) is 0.158. The van der Waals surface area contributed by atoms with E-state index in [0.29, 0.717) is 12.8 Å². The lowest BCUT2D eigenvalue weighted by Gasteiger charge is -2.42. The summed E-state index contributed by atoms with van der Waals surface area (Å²) in [5.41, 5.74) is 0.620. The maximum Gasteiger partial charge on any atom is 0.408 e. The van der Waals surface area contributed by atoms with Gasteiger partial charge in [-0.05, 0) is 62.3 Å². The fraction of sp³-hybridized carbons (Fsp3) is 0.486. The fourth-order valence-electron chi connectivity index (χ4n) is 7.80. The molecule has 1 saturated heterocycles. The third kappa shape index (κ3) is 5.01. The van der Waals surface area contributed by atoms with Crippen molar-refractivity contribution in [3.63, 3.8) is 0 Å². The van der Waals surface area contributed by atoms with Crippen LogP contribution < -0.4 is 5.32 Å². The zero-order chi connectivity index (χ0) is 32.9. The molecule has 0 radical (unpaired) electrons. The van der Waals surface area contributed by atoms with Crippen molar-refractivity contribution in [2.24, 2.45) is 16.7 Å². The van der Waals surface area contributed by atoms with Crippen molar-refractivity contribution in [3.05, 3.63) is 71.8 Å². The summed E-state index contributed by atoms with van der Waals surface area (Å²) in [7, 11) is 1.24. The van der Waals surface area contributed by atoms with E-state index in [9.17, 15) is 24.3 Å². The van der Waals surface area contributed by atoms with Crippen LogP contribution >= 0.6 is 15.9 Å². The van der Waals surface area contributed by atoms with Crippen molar-refractivity contribution in [2.45, 2.75) is 76.0 Å². The van der Waals surface area contributed by atoms with Crippen LogP contribution in [0.25, 0.3) is 11.1 Å². The van der Waals surface area contributed by atoms with Gasteiger partial charge in [0.1, 0.15) is 16.0 Å². The van der Waals surface area contributed by atoms with Gasteiger partial charge in [-0.15, -0.1) is 0 Å². The number of esters is 1. The Bertz CT molecular complexity index is 1540. The molecular weight excluding hydrogens is 640 g/mol. The number of benzene rings is 2. The van der Waals surface area contributed by atoms with Crippen LogP contribution in [0.2, 0.25) is 0 Å². The Morgan fingerprint density at radius 2 is 1.53 bits per heavy atom. The molecule has 2 fully saturated rings. The van der Waals surface area contributed by atoms with Crippen LogP contribution in [0.5, 0.6) is 0 Å². The van der Waals surface area contributed by atoms with Crippen molar-refractivity contribution in [1.82, 2.24) is 10.2 Å². The molecule has 2 aliphatic carbocycles. The minimum Gasteiger partial charge on any atom is -0.467 e. The Morgan fingerprint density at radius 3 is 2.07 bits per heavy atom. The monoisotopic (exact) mass is 680 g/mol. The molecule has 3 aliphatic rings. The zero-order valence-corrected chi connectivity index (χ0v) is 28.1. The van der Waals surface area contributed by atoms with Crippen LogP contribution in [0.3, 0.4) is 0 Å². The molecular formula is C35H41BrN2O7. The van der Waals surface area contributed by atoms with E-state index in [-0.39, 0.29) is 24.8 Å². The van der Waals surface area contributed by atoms with Gasteiger partial charge in [0.2, 0.25) is 11.8 Å². The number of ether oxygens (including phenoxy) is 2. The van der Waals surface area contributed by atoms with Crippen molar-refractivity contribution in [1.29, 1.82) is 0 Å². The molecule has 2 aromatic carbocycles. The predicted octanol–water partition coefficient (Wildman–Crippen LogP) is 5.35. The Hall–Kier alpha value is -3.50. The second kappa shape index (κ2) is 11.7. The molecule has 9 nitrogen and oxygen atoms in total. The third-order valence-electron chi connectivity index (χ3n) is 9.67. The van der Waals surface area contributed by atoms with Crippen LogP contribution in [0.15, 0.2) is 60.7 Å². The number of likely N-dealkylation sites (tertiary alicyclic amines) is 1. The van der Waals surface area contributed by atoms with Crippen LogP contribution in [-0.2, 0) is 23.9 Å². The molecule has 1 aliphatic heterocycles. The molecule has 6 atom stereocenters. The summed E-state index contributed by atoms with van der Waals surface area (Å²) < 4.78 is 8.79. The van der Waals surface area contributed by atoms with Crippen LogP contribution in [0, 0.1) is 16.7 Å². The lowest BCUT2D eigenvalue weighted by atomic mass is 9.63. The Labute approximate surface area is 272 Å². The minimum absolute atomic E-state index is 0.130. The van der Waals surface area contributed by atoms with E-state index in [0.717, 1.165) is 22.3 Å². The number of methoxy groups -OCH3 is 1. The van der Waals surface area contributed by atoms with Crippen molar-refractivity contribution < 1.29 is 33.8 Å². The first-order chi connectivity index (χ1) is 21.1. The molecule has 10 heteroatoms. The molecule has 45 heavy (non-hydrogen) atoms. The summed E-state index contributed by atoms with van der Waals surface area (Å²) in [6, 6.07) is 18.6. The molecule has 1 saturated carbocycles. The number of imide groups is 1. The second-order valence-corrected chi connectivity index (χ2v) is 14.8. The highest BCUT2D eigenvalue weighted by atomic mass is 79.9. The van der Waals surface area contributed by atoms with Gasteiger partial charge >= 0.3 is 12.1 Å². The molecule has 5 unspecified atom stereocenters. The maximum atomic E-state index is 14.4. The number of alkyl carbamates (subject to hydrolysis) is 1. The van der Waals surface area contributed by atoms with Crippen LogP contribution in [0.1, 0.15) is 65.0 Å². The van der Waals surface area contributed by atoms with E-state index in [1.54, 1.807) is 20.8 Å². The number of amides is 3. The van der Waals surface area contributed by atoms with Crippen molar-refractivity contribution >= 4 is 51.0 Å². The average Bonchev–Trinajstić information content (AvgIpc) is 3.38. The van der Waals surface area contributed by atoms with E-state index >= 15 is 0 Å². The van der Waals surface area contributed by atoms with Gasteiger partial charge in [0.05, 0.1) is 19.1 Å². The second-order valence-electron chi connectivity index (χ2n) is 13.5. The standard InChI is InChI=1S/C35H41BrN2O7/c1-32(2,3)45-31(43)37-23(28(40)44-6)19-13-14-20-38-27(39)26-33(4)24(21-15-9-7-10-16-21)25(22-17-11-8-12-18-22)34(5,29(33)41)35(26,36)30(38)42/h7-12,15-18,23,26,29,41H,13-14,19-20H2,1-6H3,(H,37,43)/t23-,26?,29?,33?,34?,35?/m0/s1. The Balaban J connectivity index is 1.41. The third-order valence-corrected chi connectivity index (χ3v) is 11.3. The van der Waals surface area contributed by atoms with Crippen LogP contribution in [0.4, 0.5) is 4.79 Å². The first-order valence-electron chi connectivity index (χ1n) is 15.3. The number of rotatable bonds is 9. The highest BCUT2D eigenvalue weighted by molar-refractivity contribution is 9.10. The number of nitrogens with one attached hydrogen (secondary N) is 1. The number of aliphatic hydroxyl groups is 1. The SMILES string of the molecule is COC(=O)[C@H](CCCCN1C(=O)C2C3(C)C(c4ccccc4)=C(c4ccccc4)C(C)(C3O)C2(Br)C1=O)NC(=O)OC(C)(C)C. The van der Waals surface area contributed by atoms with E-state index < -0.39 is 50.9 Å². The summed E-state index contributed by atoms with van der Waals surface area (Å²) in [6.45, 7) is 9.10. The summed E-state index contributed by atoms with van der Waals surface area (Å²) in [5.74, 6) is -2.15. The minimum atomic E-state index is -1.36. The largest absolute Gasteiger partial charge is 0.467 e. The molecule has 0 aromatic heterocycles. The number of halogens is 1. The molecule has 2 N–H and O–H groups in total. The first kappa shape index (κ1) is 32.9. The number of nitrogens with zero attached hydrogens (tertiary/aromatic N) is 1. The van der Waals surface area contributed by atoms with E-state index in [1.807, 2.05) is 74.5 Å². The number of hydrogen-bond donors (Lipinski definition) is 2. The summed E-state index contributed by atoms with van der Waals surface area (Å²) in [5, 5.41) is 14.7. The normalized spacial score (nSPS) is 29.6. The number of carbonyl (C=O) groups is 4. The number of carbonyl (C=O) groups excluding carboxylic acids is 4. The highest BCUT2D eigenvalue weighted by Gasteiger charge is 2.85. The topological polar surface area (TPSA) is 122 Å². The van der Waals surface area contributed by atoms with Gasteiger partial charge in [0.15, 0.2) is 0 Å². The number of fused-ring (bicyclic) bond motifs is 5. The number of unbranched alkanes of at least 4 members (excludes halogenated alkanes) is 1. The van der Waals surface area contributed by atoms with Gasteiger partial charge in [-0.25, -0.2) is 9.59 Å².